The Morgan fingerprint density at radius 3 is 2.57 bits per heavy atom. The van der Waals surface area contributed by atoms with Crippen LogP contribution in [0.3, 0.4) is 0 Å². The fraction of sp³-hybridized carbons (Fsp3) is 0.115. The molecule has 0 amide bonds. The normalized spacial score (nSPS) is 11.9. The summed E-state index contributed by atoms with van der Waals surface area (Å²) in [6.07, 6.45) is 1.49. The number of nitro groups is 1. The molecule has 0 radical (unpaired) electrons. The van der Waals surface area contributed by atoms with Crippen molar-refractivity contribution in [3.8, 4) is 17.1 Å². The van der Waals surface area contributed by atoms with Gasteiger partial charge in [0.05, 0.1) is 38.4 Å². The van der Waals surface area contributed by atoms with Crippen LogP contribution in [0.25, 0.3) is 28.1 Å². The average Bonchev–Trinajstić information content (AvgIpc) is 2.84. The van der Waals surface area contributed by atoms with Crippen molar-refractivity contribution in [3.63, 3.8) is 0 Å². The van der Waals surface area contributed by atoms with Crippen LogP contribution >= 0.6 is 0 Å². The van der Waals surface area contributed by atoms with Gasteiger partial charge in [-0.05, 0) is 68.4 Å². The molecule has 1 aromatic heterocycles. The third-order valence-corrected chi connectivity index (χ3v) is 5.42. The summed E-state index contributed by atoms with van der Waals surface area (Å²) in [5.41, 5.74) is 4.16. The van der Waals surface area contributed by atoms with E-state index in [0.29, 0.717) is 16.7 Å². The molecule has 174 valence electrons. The summed E-state index contributed by atoms with van der Waals surface area (Å²) in [5.74, 6) is -0.208. The number of nitrogens with one attached hydrogen (secondary N) is 1. The van der Waals surface area contributed by atoms with E-state index in [1.165, 1.54) is 30.5 Å². The maximum atomic E-state index is 13.7. The Morgan fingerprint density at radius 1 is 1.06 bits per heavy atom. The lowest BCUT2D eigenvalue weighted by Crippen LogP contribution is -2.17. The minimum atomic E-state index is -0.482. The molecule has 1 N–H and O–H groups in total. The fourth-order valence-corrected chi connectivity index (χ4v) is 3.96. The van der Waals surface area contributed by atoms with Crippen LogP contribution in [0.2, 0.25) is 0 Å². The van der Waals surface area contributed by atoms with Gasteiger partial charge in [0.25, 0.3) is 0 Å². The number of hydrogen-bond acceptors (Lipinski definition) is 6. The van der Waals surface area contributed by atoms with Crippen LogP contribution in [-0.2, 0) is 0 Å². The van der Waals surface area contributed by atoms with E-state index in [4.69, 9.17) is 9.98 Å². The third kappa shape index (κ3) is 4.31. The Labute approximate surface area is 199 Å². The topological polar surface area (TPSA) is 98.2 Å². The molecule has 0 atom stereocenters. The van der Waals surface area contributed by atoms with E-state index in [9.17, 15) is 14.5 Å². The van der Waals surface area contributed by atoms with Crippen molar-refractivity contribution in [2.45, 2.75) is 19.9 Å². The molecule has 2 aromatic carbocycles. The van der Waals surface area contributed by atoms with E-state index in [1.807, 2.05) is 48.7 Å². The summed E-state index contributed by atoms with van der Waals surface area (Å²) in [5, 5.41) is 15.2. The van der Waals surface area contributed by atoms with E-state index in [0.717, 1.165) is 22.4 Å². The molecule has 0 fully saturated rings. The van der Waals surface area contributed by atoms with E-state index >= 15 is 0 Å². The molecule has 2 aliphatic rings. The lowest BCUT2D eigenvalue weighted by Gasteiger charge is -2.20. The van der Waals surface area contributed by atoms with Crippen molar-refractivity contribution < 1.29 is 9.31 Å². The Morgan fingerprint density at radius 2 is 1.83 bits per heavy atom. The molecule has 0 saturated carbocycles. The molecular formula is C26H21FN6O2. The highest BCUT2D eigenvalue weighted by molar-refractivity contribution is 5.84. The van der Waals surface area contributed by atoms with Crippen molar-refractivity contribution in [1.29, 1.82) is 0 Å². The highest BCUT2D eigenvalue weighted by Crippen LogP contribution is 2.31. The van der Waals surface area contributed by atoms with Crippen LogP contribution < -0.4 is 10.7 Å². The molecule has 8 nitrogen and oxygen atoms in total. The molecule has 3 aromatic rings. The number of fused-ring (bicyclic) bond motifs is 2. The molecule has 0 unspecified atom stereocenters. The quantitative estimate of drug-likeness (QED) is 0.205. The van der Waals surface area contributed by atoms with Crippen LogP contribution in [0, 0.1) is 15.9 Å². The van der Waals surface area contributed by atoms with Crippen LogP contribution in [0.4, 0.5) is 21.6 Å². The van der Waals surface area contributed by atoms with Gasteiger partial charge in [-0.25, -0.2) is 14.4 Å². The first-order chi connectivity index (χ1) is 16.9. The first-order valence-corrected chi connectivity index (χ1v) is 11.0. The number of halogens is 1. The van der Waals surface area contributed by atoms with Gasteiger partial charge < -0.3 is 9.88 Å². The van der Waals surface area contributed by atoms with Gasteiger partial charge in [-0.2, -0.15) is 0 Å². The summed E-state index contributed by atoms with van der Waals surface area (Å²) in [6, 6.07) is 20.5. The summed E-state index contributed by atoms with van der Waals surface area (Å²) >= 11 is 0. The Kier molecular flexibility index (Phi) is 5.66. The van der Waals surface area contributed by atoms with Gasteiger partial charge in [-0.1, -0.05) is 12.1 Å². The Hall–Kier alpha value is -4.66. The second-order valence-electron chi connectivity index (χ2n) is 8.25. The minimum Gasteiger partial charge on any atom is -0.333 e. The highest BCUT2D eigenvalue weighted by atomic mass is 19.1. The third-order valence-electron chi connectivity index (χ3n) is 5.42. The molecule has 9 heteroatoms. The monoisotopic (exact) mass is 468 g/mol. The zero-order valence-electron chi connectivity index (χ0n) is 19.0. The van der Waals surface area contributed by atoms with E-state index in [2.05, 4.69) is 10.3 Å². The van der Waals surface area contributed by atoms with Crippen LogP contribution in [0.15, 0.2) is 84.0 Å². The zero-order chi connectivity index (χ0) is 24.5. The first kappa shape index (κ1) is 22.1. The number of anilines is 2. The Bertz CT molecular complexity index is 1590. The number of pyridine rings is 1. The molecule has 1 aliphatic heterocycles. The van der Waals surface area contributed by atoms with Crippen LogP contribution in [-0.4, -0.2) is 25.5 Å². The summed E-state index contributed by atoms with van der Waals surface area (Å²) in [7, 11) is 0. The highest BCUT2D eigenvalue weighted by Gasteiger charge is 2.19. The molecule has 35 heavy (non-hydrogen) atoms. The van der Waals surface area contributed by atoms with Crippen LogP contribution in [0.1, 0.15) is 13.8 Å². The second kappa shape index (κ2) is 8.94. The van der Waals surface area contributed by atoms with Gasteiger partial charge in [0.1, 0.15) is 5.82 Å². The van der Waals surface area contributed by atoms with Gasteiger partial charge in [0.15, 0.2) is 0 Å². The van der Waals surface area contributed by atoms with Gasteiger partial charge in [-0.3, -0.25) is 15.1 Å². The fourth-order valence-electron chi connectivity index (χ4n) is 3.96. The second-order valence-corrected chi connectivity index (χ2v) is 8.25. The largest absolute Gasteiger partial charge is 0.333 e. The van der Waals surface area contributed by atoms with E-state index in [-0.39, 0.29) is 23.4 Å². The van der Waals surface area contributed by atoms with E-state index in [1.54, 1.807) is 18.2 Å². The molecule has 0 bridgehead atoms. The van der Waals surface area contributed by atoms with E-state index < -0.39 is 4.92 Å². The molecular weight excluding hydrogens is 447 g/mol. The molecule has 1 aliphatic carbocycles. The van der Waals surface area contributed by atoms with Gasteiger partial charge in [0.2, 0.25) is 5.82 Å². The first-order valence-electron chi connectivity index (χ1n) is 11.0. The predicted octanol–water partition coefficient (Wildman–Crippen LogP) is 5.63. The number of para-hydroxylation sites is 2. The van der Waals surface area contributed by atoms with Crippen molar-refractivity contribution in [3.05, 3.63) is 100 Å². The predicted molar refractivity (Wildman–Crippen MR) is 133 cm³/mol. The molecule has 2 heterocycles. The number of rotatable bonds is 5. The number of hydrogen-bond donors (Lipinski definition) is 1. The average molecular weight is 468 g/mol. The maximum Gasteiger partial charge on any atom is 0.311 e. The van der Waals surface area contributed by atoms with Gasteiger partial charge >= 0.3 is 5.69 Å². The summed E-state index contributed by atoms with van der Waals surface area (Å²) < 4.78 is 15.7. The van der Waals surface area contributed by atoms with Crippen molar-refractivity contribution >= 4 is 28.2 Å². The van der Waals surface area contributed by atoms with Crippen molar-refractivity contribution in [2.75, 3.05) is 5.32 Å². The van der Waals surface area contributed by atoms with Crippen molar-refractivity contribution in [2.24, 2.45) is 4.99 Å². The number of nitrogens with zero attached hydrogens (tertiary/aromatic N) is 5. The SMILES string of the molecule is CC(C)N=c1cc2n(-c3ccc(F)cc3)c3ccccc3nc-2cc1Nc1ncccc1[N+](=O)[O-]. The lowest BCUT2D eigenvalue weighted by molar-refractivity contribution is -0.384. The minimum absolute atomic E-state index is 0.0422. The summed E-state index contributed by atoms with van der Waals surface area (Å²) in [4.78, 5) is 24.8. The standard InChI is InChI=1S/C26H21FN6O2/c1-16(2)29-21-15-25-22(14-20(21)31-26-24(33(34)35)8-5-13-28-26)30-19-6-3-4-7-23(19)32(25)18-11-9-17(27)10-12-18/h3-16H,1-2H3,(H,28,31). The van der Waals surface area contributed by atoms with Gasteiger partial charge in [-0.15, -0.1) is 0 Å². The van der Waals surface area contributed by atoms with Crippen molar-refractivity contribution in [1.82, 2.24) is 14.5 Å². The van der Waals surface area contributed by atoms with Crippen LogP contribution in [0.5, 0.6) is 0 Å². The number of aromatic nitrogens is 3. The summed E-state index contributed by atoms with van der Waals surface area (Å²) in [6.45, 7) is 3.90. The molecule has 0 spiro atoms. The van der Waals surface area contributed by atoms with Gasteiger partial charge in [0, 0.05) is 24.0 Å². The maximum absolute atomic E-state index is 13.7. The zero-order valence-corrected chi connectivity index (χ0v) is 19.0. The lowest BCUT2D eigenvalue weighted by atomic mass is 10.1. The molecule has 0 saturated heterocycles. The molecule has 5 rings (SSSR count). The number of benzene rings is 3. The smallest absolute Gasteiger partial charge is 0.311 e. The Balaban J connectivity index is 1.81.